The van der Waals surface area contributed by atoms with Crippen molar-refractivity contribution in [2.45, 2.75) is 27.3 Å². The minimum atomic E-state index is 0.571. The Morgan fingerprint density at radius 2 is 1.91 bits per heavy atom. The Kier molecular flexibility index (Phi) is 6.43. The van der Waals surface area contributed by atoms with Crippen LogP contribution in [0.2, 0.25) is 0 Å². The van der Waals surface area contributed by atoms with Gasteiger partial charge in [-0.05, 0) is 50.2 Å². The summed E-state index contributed by atoms with van der Waals surface area (Å²) < 4.78 is 10.9. The van der Waals surface area contributed by atoms with E-state index in [4.69, 9.17) is 9.47 Å². The summed E-state index contributed by atoms with van der Waals surface area (Å²) in [6.07, 6.45) is 0. The van der Waals surface area contributed by atoms with Crippen molar-refractivity contribution in [3.63, 3.8) is 0 Å². The van der Waals surface area contributed by atoms with Crippen molar-refractivity contribution in [2.24, 2.45) is 0 Å². The highest BCUT2D eigenvalue weighted by molar-refractivity contribution is 5.64. The SMILES string of the molecule is CCNCc1[nH]nc(-c2ccc(OCCOCC)cc2)c1C. The molecule has 0 aliphatic carbocycles. The van der Waals surface area contributed by atoms with Crippen molar-refractivity contribution in [1.29, 1.82) is 0 Å². The number of nitrogens with zero attached hydrogens (tertiary/aromatic N) is 1. The molecule has 120 valence electrons. The molecule has 2 rings (SSSR count). The van der Waals surface area contributed by atoms with E-state index in [2.05, 4.69) is 29.4 Å². The van der Waals surface area contributed by atoms with E-state index in [0.717, 1.165) is 42.4 Å². The molecule has 1 heterocycles. The lowest BCUT2D eigenvalue weighted by Gasteiger charge is -2.07. The smallest absolute Gasteiger partial charge is 0.119 e. The van der Waals surface area contributed by atoms with Crippen molar-refractivity contribution in [3.8, 4) is 17.0 Å². The highest BCUT2D eigenvalue weighted by Gasteiger charge is 2.10. The van der Waals surface area contributed by atoms with Crippen LogP contribution < -0.4 is 10.1 Å². The van der Waals surface area contributed by atoms with Crippen molar-refractivity contribution in [3.05, 3.63) is 35.5 Å². The second-order valence-electron chi connectivity index (χ2n) is 5.03. The van der Waals surface area contributed by atoms with Crippen LogP contribution >= 0.6 is 0 Å². The monoisotopic (exact) mass is 303 g/mol. The van der Waals surface area contributed by atoms with Crippen LogP contribution in [0, 0.1) is 6.92 Å². The van der Waals surface area contributed by atoms with Gasteiger partial charge in [0.1, 0.15) is 12.4 Å². The van der Waals surface area contributed by atoms with Gasteiger partial charge in [-0.25, -0.2) is 0 Å². The topological polar surface area (TPSA) is 59.2 Å². The van der Waals surface area contributed by atoms with Gasteiger partial charge in [-0.2, -0.15) is 5.10 Å². The maximum atomic E-state index is 5.62. The van der Waals surface area contributed by atoms with Crippen LogP contribution in [0.4, 0.5) is 0 Å². The quantitative estimate of drug-likeness (QED) is 0.699. The second-order valence-corrected chi connectivity index (χ2v) is 5.03. The number of ether oxygens (including phenoxy) is 2. The number of rotatable bonds is 9. The van der Waals surface area contributed by atoms with E-state index in [0.29, 0.717) is 13.2 Å². The molecule has 2 N–H and O–H groups in total. The molecule has 0 spiro atoms. The van der Waals surface area contributed by atoms with Gasteiger partial charge in [0.2, 0.25) is 0 Å². The first-order valence-corrected chi connectivity index (χ1v) is 7.81. The number of nitrogens with one attached hydrogen (secondary N) is 2. The van der Waals surface area contributed by atoms with Crippen molar-refractivity contribution >= 4 is 0 Å². The molecule has 1 aromatic carbocycles. The Labute approximate surface area is 132 Å². The predicted octanol–water partition coefficient (Wildman–Crippen LogP) is 2.91. The minimum absolute atomic E-state index is 0.571. The van der Waals surface area contributed by atoms with Gasteiger partial charge in [0, 0.05) is 18.7 Å². The molecule has 0 amide bonds. The zero-order chi connectivity index (χ0) is 15.8. The Hall–Kier alpha value is -1.85. The third-order valence-corrected chi connectivity index (χ3v) is 3.49. The molecule has 2 aromatic rings. The summed E-state index contributed by atoms with van der Waals surface area (Å²) in [5.74, 6) is 0.851. The lowest BCUT2D eigenvalue weighted by molar-refractivity contribution is 0.110. The van der Waals surface area contributed by atoms with E-state index in [1.807, 2.05) is 31.2 Å². The number of benzene rings is 1. The number of hydrogen-bond donors (Lipinski definition) is 2. The lowest BCUT2D eigenvalue weighted by Crippen LogP contribution is -2.12. The van der Waals surface area contributed by atoms with Crippen molar-refractivity contribution in [2.75, 3.05) is 26.4 Å². The number of hydrogen-bond acceptors (Lipinski definition) is 4. The van der Waals surface area contributed by atoms with Crippen LogP contribution in [-0.4, -0.2) is 36.6 Å². The van der Waals surface area contributed by atoms with Crippen LogP contribution in [0.1, 0.15) is 25.1 Å². The molecular formula is C17H25N3O2. The molecule has 0 saturated carbocycles. The Morgan fingerprint density at radius 3 is 2.59 bits per heavy atom. The first kappa shape index (κ1) is 16.5. The summed E-state index contributed by atoms with van der Waals surface area (Å²) in [4.78, 5) is 0. The maximum Gasteiger partial charge on any atom is 0.119 e. The average Bonchev–Trinajstić information content (AvgIpc) is 2.91. The highest BCUT2D eigenvalue weighted by atomic mass is 16.5. The third-order valence-electron chi connectivity index (χ3n) is 3.49. The molecule has 0 aliphatic heterocycles. The molecule has 22 heavy (non-hydrogen) atoms. The number of H-pyrrole nitrogens is 1. The Bertz CT molecular complexity index is 564. The van der Waals surface area contributed by atoms with Gasteiger partial charge < -0.3 is 14.8 Å². The van der Waals surface area contributed by atoms with Crippen LogP contribution in [0.25, 0.3) is 11.3 Å². The number of aromatic amines is 1. The fourth-order valence-corrected chi connectivity index (χ4v) is 2.21. The summed E-state index contributed by atoms with van der Waals surface area (Å²) in [5, 5.41) is 10.8. The average molecular weight is 303 g/mol. The molecule has 0 fully saturated rings. The Balaban J connectivity index is 1.99. The van der Waals surface area contributed by atoms with Crippen LogP contribution in [0.3, 0.4) is 0 Å². The van der Waals surface area contributed by atoms with Crippen LogP contribution in [0.5, 0.6) is 5.75 Å². The van der Waals surface area contributed by atoms with Gasteiger partial charge in [0.15, 0.2) is 0 Å². The first-order valence-electron chi connectivity index (χ1n) is 7.81. The zero-order valence-corrected chi connectivity index (χ0v) is 13.6. The molecule has 0 aliphatic rings. The lowest BCUT2D eigenvalue weighted by atomic mass is 10.1. The van der Waals surface area contributed by atoms with Gasteiger partial charge in [-0.1, -0.05) is 6.92 Å². The molecule has 0 radical (unpaired) electrons. The molecule has 1 aromatic heterocycles. The van der Waals surface area contributed by atoms with Gasteiger partial charge in [0.25, 0.3) is 0 Å². The van der Waals surface area contributed by atoms with Crippen molar-refractivity contribution in [1.82, 2.24) is 15.5 Å². The van der Waals surface area contributed by atoms with Gasteiger partial charge in [-0.3, -0.25) is 5.10 Å². The fourth-order valence-electron chi connectivity index (χ4n) is 2.21. The molecular weight excluding hydrogens is 278 g/mol. The molecule has 0 atom stereocenters. The van der Waals surface area contributed by atoms with Crippen molar-refractivity contribution < 1.29 is 9.47 Å². The predicted molar refractivity (Wildman–Crippen MR) is 88.1 cm³/mol. The second kappa shape index (κ2) is 8.56. The fraction of sp³-hybridized carbons (Fsp3) is 0.471. The third kappa shape index (κ3) is 4.32. The van der Waals surface area contributed by atoms with E-state index in [9.17, 15) is 0 Å². The van der Waals surface area contributed by atoms with Crippen LogP contribution in [-0.2, 0) is 11.3 Å². The summed E-state index contributed by atoms with van der Waals surface area (Å²) in [7, 11) is 0. The van der Waals surface area contributed by atoms with Gasteiger partial charge >= 0.3 is 0 Å². The minimum Gasteiger partial charge on any atom is -0.491 e. The zero-order valence-electron chi connectivity index (χ0n) is 13.6. The largest absolute Gasteiger partial charge is 0.491 e. The van der Waals surface area contributed by atoms with Gasteiger partial charge in [0.05, 0.1) is 18.0 Å². The normalized spacial score (nSPS) is 10.9. The molecule has 5 heteroatoms. The number of aromatic nitrogens is 2. The molecule has 5 nitrogen and oxygen atoms in total. The standard InChI is InChI=1S/C17H25N3O2/c1-4-18-12-16-13(3)17(20-19-16)14-6-8-15(9-7-14)22-11-10-21-5-2/h6-9,18H,4-5,10-12H2,1-3H3,(H,19,20). The summed E-state index contributed by atoms with van der Waals surface area (Å²) >= 11 is 0. The van der Waals surface area contributed by atoms with Crippen LogP contribution in [0.15, 0.2) is 24.3 Å². The van der Waals surface area contributed by atoms with E-state index in [-0.39, 0.29) is 0 Å². The summed E-state index contributed by atoms with van der Waals surface area (Å²) in [6.45, 7) is 9.83. The van der Waals surface area contributed by atoms with E-state index in [1.54, 1.807) is 0 Å². The summed E-state index contributed by atoms with van der Waals surface area (Å²) in [6, 6.07) is 8.02. The van der Waals surface area contributed by atoms with E-state index in [1.165, 1.54) is 5.56 Å². The maximum absolute atomic E-state index is 5.62. The molecule has 0 unspecified atom stereocenters. The Morgan fingerprint density at radius 1 is 1.14 bits per heavy atom. The van der Waals surface area contributed by atoms with E-state index < -0.39 is 0 Å². The molecule has 0 bridgehead atoms. The van der Waals surface area contributed by atoms with Gasteiger partial charge in [-0.15, -0.1) is 0 Å². The highest BCUT2D eigenvalue weighted by Crippen LogP contribution is 2.25. The molecule has 0 saturated heterocycles. The first-order chi connectivity index (χ1) is 10.8. The summed E-state index contributed by atoms with van der Waals surface area (Å²) in [5.41, 5.74) is 4.40. The van der Waals surface area contributed by atoms with E-state index >= 15 is 0 Å².